The highest BCUT2D eigenvalue weighted by molar-refractivity contribution is 5.50. The summed E-state index contributed by atoms with van der Waals surface area (Å²) in [4.78, 5) is 0. The van der Waals surface area contributed by atoms with Gasteiger partial charge in [0.15, 0.2) is 11.5 Å². The van der Waals surface area contributed by atoms with Gasteiger partial charge in [-0.1, -0.05) is 12.2 Å². The molecule has 0 saturated carbocycles. The molecule has 1 atom stereocenters. The predicted molar refractivity (Wildman–Crippen MR) is 84.3 cm³/mol. The summed E-state index contributed by atoms with van der Waals surface area (Å²) in [5.41, 5.74) is 1.08. The first-order chi connectivity index (χ1) is 10.3. The standard InChI is InChI=1S/C17H25NO3/c1-19-15-10-17(21-3)16(20-2)9-14(15)12-18-11-13-7-5-4-6-8-13/h4-5,9-10,13,18H,6-8,11-12H2,1-3H3. The quantitative estimate of drug-likeness (QED) is 0.783. The summed E-state index contributed by atoms with van der Waals surface area (Å²) in [6.45, 7) is 1.80. The van der Waals surface area contributed by atoms with Crippen LogP contribution < -0.4 is 19.5 Å². The Kier molecular flexibility index (Phi) is 5.93. The largest absolute Gasteiger partial charge is 0.496 e. The third kappa shape index (κ3) is 4.14. The van der Waals surface area contributed by atoms with E-state index in [1.807, 2.05) is 12.1 Å². The van der Waals surface area contributed by atoms with Crippen molar-refractivity contribution >= 4 is 0 Å². The second-order valence-electron chi connectivity index (χ2n) is 5.30. The molecule has 1 unspecified atom stereocenters. The van der Waals surface area contributed by atoms with Gasteiger partial charge in [0.1, 0.15) is 5.75 Å². The van der Waals surface area contributed by atoms with Gasteiger partial charge in [-0.25, -0.2) is 0 Å². The minimum absolute atomic E-state index is 0.690. The molecule has 0 fully saturated rings. The fourth-order valence-electron chi connectivity index (χ4n) is 2.68. The van der Waals surface area contributed by atoms with Gasteiger partial charge in [0, 0.05) is 18.2 Å². The third-order valence-corrected chi connectivity index (χ3v) is 3.91. The summed E-state index contributed by atoms with van der Waals surface area (Å²) in [6, 6.07) is 3.85. The first-order valence-electron chi connectivity index (χ1n) is 7.43. The lowest BCUT2D eigenvalue weighted by Crippen LogP contribution is -2.23. The van der Waals surface area contributed by atoms with Crippen LogP contribution >= 0.6 is 0 Å². The zero-order chi connectivity index (χ0) is 15.1. The monoisotopic (exact) mass is 291 g/mol. The van der Waals surface area contributed by atoms with E-state index in [0.29, 0.717) is 5.75 Å². The van der Waals surface area contributed by atoms with Crippen molar-refractivity contribution < 1.29 is 14.2 Å². The highest BCUT2D eigenvalue weighted by Crippen LogP contribution is 2.34. The summed E-state index contributed by atoms with van der Waals surface area (Å²) >= 11 is 0. The summed E-state index contributed by atoms with van der Waals surface area (Å²) in [5.74, 6) is 2.98. The zero-order valence-corrected chi connectivity index (χ0v) is 13.1. The molecule has 1 aliphatic carbocycles. The molecule has 1 N–H and O–H groups in total. The summed E-state index contributed by atoms with van der Waals surface area (Å²) in [6.07, 6.45) is 8.20. The molecule has 0 bridgehead atoms. The second kappa shape index (κ2) is 7.93. The number of nitrogens with one attached hydrogen (secondary N) is 1. The normalized spacial score (nSPS) is 17.6. The number of hydrogen-bond acceptors (Lipinski definition) is 4. The van der Waals surface area contributed by atoms with Crippen molar-refractivity contribution in [3.05, 3.63) is 29.8 Å². The van der Waals surface area contributed by atoms with Gasteiger partial charge < -0.3 is 19.5 Å². The van der Waals surface area contributed by atoms with Gasteiger partial charge >= 0.3 is 0 Å². The Balaban J connectivity index is 1.99. The molecule has 0 heterocycles. The van der Waals surface area contributed by atoms with Crippen LogP contribution in [0.25, 0.3) is 0 Å². The molecule has 1 aromatic carbocycles. The lowest BCUT2D eigenvalue weighted by Gasteiger charge is -2.19. The van der Waals surface area contributed by atoms with Gasteiger partial charge in [-0.05, 0) is 37.8 Å². The molecule has 2 rings (SSSR count). The van der Waals surface area contributed by atoms with Gasteiger partial charge in [-0.15, -0.1) is 0 Å². The number of ether oxygens (including phenoxy) is 3. The van der Waals surface area contributed by atoms with Crippen LogP contribution in [0.2, 0.25) is 0 Å². The summed E-state index contributed by atoms with van der Waals surface area (Å²) < 4.78 is 16.1. The SMILES string of the molecule is COc1cc(OC)c(OC)cc1CNCC1CC=CCC1. The lowest BCUT2D eigenvalue weighted by atomic mass is 9.94. The van der Waals surface area contributed by atoms with Crippen molar-refractivity contribution in [2.24, 2.45) is 5.92 Å². The molecule has 0 amide bonds. The van der Waals surface area contributed by atoms with Crippen molar-refractivity contribution in [1.82, 2.24) is 5.32 Å². The molecule has 4 nitrogen and oxygen atoms in total. The van der Waals surface area contributed by atoms with Crippen LogP contribution in [0.4, 0.5) is 0 Å². The Morgan fingerprint density at radius 2 is 1.71 bits per heavy atom. The van der Waals surface area contributed by atoms with Crippen molar-refractivity contribution in [3.8, 4) is 17.2 Å². The topological polar surface area (TPSA) is 39.7 Å². The highest BCUT2D eigenvalue weighted by Gasteiger charge is 2.13. The van der Waals surface area contributed by atoms with Gasteiger partial charge in [-0.3, -0.25) is 0 Å². The molecular weight excluding hydrogens is 266 g/mol. The molecule has 0 aliphatic heterocycles. The van der Waals surface area contributed by atoms with Gasteiger partial charge in [0.05, 0.1) is 21.3 Å². The predicted octanol–water partition coefficient (Wildman–Crippen LogP) is 3.16. The van der Waals surface area contributed by atoms with E-state index in [0.717, 1.165) is 36.1 Å². The number of hydrogen-bond donors (Lipinski definition) is 1. The Morgan fingerprint density at radius 1 is 1.00 bits per heavy atom. The Morgan fingerprint density at radius 3 is 2.33 bits per heavy atom. The Hall–Kier alpha value is -1.68. The Labute approximate surface area is 127 Å². The molecule has 1 aromatic rings. The molecule has 21 heavy (non-hydrogen) atoms. The van der Waals surface area contributed by atoms with E-state index in [9.17, 15) is 0 Å². The molecule has 4 heteroatoms. The van der Waals surface area contributed by atoms with E-state index in [4.69, 9.17) is 14.2 Å². The average Bonchev–Trinajstić information content (AvgIpc) is 2.55. The molecule has 1 aliphatic rings. The minimum Gasteiger partial charge on any atom is -0.496 e. The fraction of sp³-hybridized carbons (Fsp3) is 0.529. The van der Waals surface area contributed by atoms with E-state index in [2.05, 4.69) is 17.5 Å². The van der Waals surface area contributed by atoms with E-state index in [1.54, 1.807) is 21.3 Å². The first kappa shape index (κ1) is 15.7. The van der Waals surface area contributed by atoms with Crippen molar-refractivity contribution in [2.75, 3.05) is 27.9 Å². The number of benzene rings is 1. The number of allylic oxidation sites excluding steroid dienone is 2. The van der Waals surface area contributed by atoms with E-state index in [1.165, 1.54) is 19.3 Å². The van der Waals surface area contributed by atoms with Crippen LogP contribution in [-0.4, -0.2) is 27.9 Å². The van der Waals surface area contributed by atoms with Crippen LogP contribution in [0.3, 0.4) is 0 Å². The summed E-state index contributed by atoms with van der Waals surface area (Å²) in [7, 11) is 4.96. The second-order valence-corrected chi connectivity index (χ2v) is 5.30. The minimum atomic E-state index is 0.690. The fourth-order valence-corrected chi connectivity index (χ4v) is 2.68. The number of rotatable bonds is 7. The zero-order valence-electron chi connectivity index (χ0n) is 13.1. The molecule has 116 valence electrons. The molecule has 0 radical (unpaired) electrons. The summed E-state index contributed by atoms with van der Waals surface area (Å²) in [5, 5.41) is 3.52. The molecule has 0 saturated heterocycles. The van der Waals surface area contributed by atoms with Crippen LogP contribution in [0, 0.1) is 5.92 Å². The maximum atomic E-state index is 5.44. The van der Waals surface area contributed by atoms with Crippen LogP contribution in [-0.2, 0) is 6.54 Å². The van der Waals surface area contributed by atoms with E-state index < -0.39 is 0 Å². The van der Waals surface area contributed by atoms with Gasteiger partial charge in [0.25, 0.3) is 0 Å². The van der Waals surface area contributed by atoms with Crippen LogP contribution in [0.15, 0.2) is 24.3 Å². The first-order valence-corrected chi connectivity index (χ1v) is 7.43. The molecule has 0 aromatic heterocycles. The molecular formula is C17H25NO3. The number of methoxy groups -OCH3 is 3. The van der Waals surface area contributed by atoms with Crippen molar-refractivity contribution in [3.63, 3.8) is 0 Å². The third-order valence-electron chi connectivity index (χ3n) is 3.91. The smallest absolute Gasteiger partial charge is 0.164 e. The van der Waals surface area contributed by atoms with Crippen LogP contribution in [0.1, 0.15) is 24.8 Å². The van der Waals surface area contributed by atoms with E-state index >= 15 is 0 Å². The van der Waals surface area contributed by atoms with Crippen molar-refractivity contribution in [1.29, 1.82) is 0 Å². The maximum Gasteiger partial charge on any atom is 0.164 e. The van der Waals surface area contributed by atoms with Gasteiger partial charge in [-0.2, -0.15) is 0 Å². The van der Waals surface area contributed by atoms with E-state index in [-0.39, 0.29) is 0 Å². The molecule has 0 spiro atoms. The van der Waals surface area contributed by atoms with Crippen molar-refractivity contribution in [2.45, 2.75) is 25.8 Å². The maximum absolute atomic E-state index is 5.44. The lowest BCUT2D eigenvalue weighted by molar-refractivity contribution is 0.346. The Bertz CT molecular complexity index is 485. The highest BCUT2D eigenvalue weighted by atomic mass is 16.5. The van der Waals surface area contributed by atoms with Crippen LogP contribution in [0.5, 0.6) is 17.2 Å². The average molecular weight is 291 g/mol. The van der Waals surface area contributed by atoms with Gasteiger partial charge in [0.2, 0.25) is 0 Å².